The van der Waals surface area contributed by atoms with Gasteiger partial charge in [0.15, 0.2) is 0 Å². The van der Waals surface area contributed by atoms with E-state index < -0.39 is 0 Å². The molecule has 4 heteroatoms. The summed E-state index contributed by atoms with van der Waals surface area (Å²) in [7, 11) is 0. The molecule has 0 fully saturated rings. The third-order valence-electron chi connectivity index (χ3n) is 5.52. The number of hydrogen-bond donors (Lipinski definition) is 0. The second-order valence-corrected chi connectivity index (χ2v) is 8.23. The van der Waals surface area contributed by atoms with Gasteiger partial charge in [-0.15, -0.1) is 0 Å². The molecule has 2 unspecified atom stereocenters. The molecular weight excluding hydrogens is 352 g/mol. The molecule has 28 heavy (non-hydrogen) atoms. The van der Waals surface area contributed by atoms with E-state index in [0.717, 1.165) is 44.9 Å². The molecule has 166 valence electrons. The summed E-state index contributed by atoms with van der Waals surface area (Å²) < 4.78 is 10.5. The Morgan fingerprint density at radius 3 is 1.75 bits per heavy atom. The van der Waals surface area contributed by atoms with E-state index in [2.05, 4.69) is 20.8 Å². The van der Waals surface area contributed by atoms with E-state index in [0.29, 0.717) is 25.6 Å². The average Bonchev–Trinajstić information content (AvgIpc) is 2.68. The van der Waals surface area contributed by atoms with Crippen molar-refractivity contribution in [3.63, 3.8) is 0 Å². The van der Waals surface area contributed by atoms with Crippen LogP contribution in [0.15, 0.2) is 0 Å². The fourth-order valence-corrected chi connectivity index (χ4v) is 3.13. The predicted molar refractivity (Wildman–Crippen MR) is 116 cm³/mol. The van der Waals surface area contributed by atoms with Crippen molar-refractivity contribution in [1.82, 2.24) is 0 Å². The Balaban J connectivity index is 3.46. The van der Waals surface area contributed by atoms with E-state index >= 15 is 0 Å². The molecule has 4 nitrogen and oxygen atoms in total. The zero-order valence-corrected chi connectivity index (χ0v) is 19.1. The zero-order chi connectivity index (χ0) is 21.0. The summed E-state index contributed by atoms with van der Waals surface area (Å²) in [6.45, 7) is 9.50. The molecule has 0 amide bonds. The first-order valence-electron chi connectivity index (χ1n) is 11.8. The summed E-state index contributed by atoms with van der Waals surface area (Å²) in [5, 5.41) is 0. The fraction of sp³-hybridized carbons (Fsp3) is 0.917. The highest BCUT2D eigenvalue weighted by Crippen LogP contribution is 2.21. The van der Waals surface area contributed by atoms with Crippen molar-refractivity contribution in [1.29, 1.82) is 0 Å². The van der Waals surface area contributed by atoms with Crippen LogP contribution < -0.4 is 0 Å². The molecule has 0 saturated carbocycles. The van der Waals surface area contributed by atoms with Crippen LogP contribution in [0.25, 0.3) is 0 Å². The Morgan fingerprint density at radius 1 is 0.679 bits per heavy atom. The Kier molecular flexibility index (Phi) is 18.5. The van der Waals surface area contributed by atoms with Gasteiger partial charge < -0.3 is 9.47 Å². The van der Waals surface area contributed by atoms with Gasteiger partial charge >= 0.3 is 11.9 Å². The van der Waals surface area contributed by atoms with E-state index in [-0.39, 0.29) is 17.9 Å². The molecular formula is C24H46O4. The second kappa shape index (κ2) is 19.3. The van der Waals surface area contributed by atoms with E-state index in [1.165, 1.54) is 38.5 Å². The van der Waals surface area contributed by atoms with Crippen molar-refractivity contribution in [2.24, 2.45) is 11.8 Å². The lowest BCUT2D eigenvalue weighted by molar-refractivity contribution is -0.150. The molecule has 0 bridgehead atoms. The molecule has 0 saturated heterocycles. The Labute approximate surface area is 174 Å². The van der Waals surface area contributed by atoms with Gasteiger partial charge in [-0.2, -0.15) is 0 Å². The van der Waals surface area contributed by atoms with Crippen molar-refractivity contribution >= 4 is 11.9 Å². The minimum absolute atomic E-state index is 0.00511. The number of esters is 2. The molecule has 0 spiro atoms. The van der Waals surface area contributed by atoms with E-state index in [1.54, 1.807) is 0 Å². The minimum Gasteiger partial charge on any atom is -0.466 e. The van der Waals surface area contributed by atoms with Gasteiger partial charge in [0.1, 0.15) is 0 Å². The average molecular weight is 399 g/mol. The third-order valence-corrected chi connectivity index (χ3v) is 5.52. The highest BCUT2D eigenvalue weighted by molar-refractivity contribution is 5.72. The van der Waals surface area contributed by atoms with E-state index in [9.17, 15) is 9.59 Å². The summed E-state index contributed by atoms with van der Waals surface area (Å²) in [5.74, 6) is 0.331. The van der Waals surface area contributed by atoms with Crippen molar-refractivity contribution in [2.75, 3.05) is 13.2 Å². The van der Waals surface area contributed by atoms with Gasteiger partial charge in [-0.3, -0.25) is 9.59 Å². The van der Waals surface area contributed by atoms with Crippen LogP contribution in [-0.4, -0.2) is 25.2 Å². The standard InChI is InChI=1S/C24H46O4/c1-5-7-19-27-23(25)18-16-14-12-10-9-11-13-15-17-21(3)22(4)24(26)28-20-8-6-2/h21-22H,5-20H2,1-4H3. The van der Waals surface area contributed by atoms with Crippen molar-refractivity contribution < 1.29 is 19.1 Å². The highest BCUT2D eigenvalue weighted by Gasteiger charge is 2.21. The summed E-state index contributed by atoms with van der Waals surface area (Å²) in [6, 6.07) is 0. The van der Waals surface area contributed by atoms with Gasteiger partial charge in [-0.05, 0) is 31.6 Å². The molecule has 0 aliphatic heterocycles. The minimum atomic E-state index is -0.0361. The first-order chi connectivity index (χ1) is 13.5. The number of unbranched alkanes of at least 4 members (excludes halogenated alkanes) is 9. The maximum Gasteiger partial charge on any atom is 0.308 e. The molecule has 0 aliphatic rings. The maximum absolute atomic E-state index is 12.0. The predicted octanol–water partition coefficient (Wildman–Crippen LogP) is 6.85. The zero-order valence-electron chi connectivity index (χ0n) is 19.1. The van der Waals surface area contributed by atoms with Gasteiger partial charge in [-0.25, -0.2) is 0 Å². The van der Waals surface area contributed by atoms with Gasteiger partial charge in [0.25, 0.3) is 0 Å². The van der Waals surface area contributed by atoms with Crippen LogP contribution in [0.1, 0.15) is 118 Å². The molecule has 0 heterocycles. The first-order valence-corrected chi connectivity index (χ1v) is 11.8. The normalized spacial score (nSPS) is 13.1. The van der Waals surface area contributed by atoms with Crippen LogP contribution in [0.5, 0.6) is 0 Å². The van der Waals surface area contributed by atoms with Crippen LogP contribution in [0.2, 0.25) is 0 Å². The van der Waals surface area contributed by atoms with Crippen LogP contribution in [0.3, 0.4) is 0 Å². The van der Waals surface area contributed by atoms with E-state index in [1.807, 2.05) is 6.92 Å². The van der Waals surface area contributed by atoms with Crippen LogP contribution in [-0.2, 0) is 19.1 Å². The molecule has 0 radical (unpaired) electrons. The van der Waals surface area contributed by atoms with Crippen molar-refractivity contribution in [3.05, 3.63) is 0 Å². The Hall–Kier alpha value is -1.06. The van der Waals surface area contributed by atoms with E-state index in [4.69, 9.17) is 9.47 Å². The highest BCUT2D eigenvalue weighted by atomic mass is 16.5. The Bertz CT molecular complexity index is 381. The molecule has 0 N–H and O–H groups in total. The lowest BCUT2D eigenvalue weighted by Gasteiger charge is -2.18. The summed E-state index contributed by atoms with van der Waals surface area (Å²) in [4.78, 5) is 23.5. The Morgan fingerprint density at radius 2 is 1.18 bits per heavy atom. The maximum atomic E-state index is 12.0. The number of carbonyl (C=O) groups is 2. The van der Waals surface area contributed by atoms with Crippen molar-refractivity contribution in [2.45, 2.75) is 118 Å². The molecule has 0 aromatic heterocycles. The topological polar surface area (TPSA) is 52.6 Å². The summed E-state index contributed by atoms with van der Waals surface area (Å²) in [5.41, 5.74) is 0. The van der Waals surface area contributed by atoms with Gasteiger partial charge in [-0.1, -0.05) is 85.5 Å². The molecule has 2 atom stereocenters. The summed E-state index contributed by atoms with van der Waals surface area (Å²) in [6.07, 6.45) is 15.2. The number of ether oxygens (including phenoxy) is 2. The van der Waals surface area contributed by atoms with Crippen LogP contribution in [0.4, 0.5) is 0 Å². The number of hydrogen-bond acceptors (Lipinski definition) is 4. The molecule has 0 aliphatic carbocycles. The lowest BCUT2D eigenvalue weighted by Crippen LogP contribution is -2.22. The smallest absolute Gasteiger partial charge is 0.308 e. The van der Waals surface area contributed by atoms with Crippen molar-refractivity contribution in [3.8, 4) is 0 Å². The molecule has 0 aromatic rings. The third kappa shape index (κ3) is 15.9. The molecule has 0 rings (SSSR count). The largest absolute Gasteiger partial charge is 0.466 e. The van der Waals surface area contributed by atoms with Gasteiger partial charge in [0.05, 0.1) is 19.1 Å². The number of carbonyl (C=O) groups excluding carboxylic acids is 2. The molecule has 0 aromatic carbocycles. The van der Waals surface area contributed by atoms with Gasteiger partial charge in [0.2, 0.25) is 0 Å². The van der Waals surface area contributed by atoms with Gasteiger partial charge in [0, 0.05) is 6.42 Å². The quantitative estimate of drug-likeness (QED) is 0.176. The first kappa shape index (κ1) is 26.9. The van der Waals surface area contributed by atoms with Crippen LogP contribution in [0, 0.1) is 11.8 Å². The fourth-order valence-electron chi connectivity index (χ4n) is 3.13. The monoisotopic (exact) mass is 398 g/mol. The number of rotatable bonds is 19. The SMILES string of the molecule is CCCCOC(=O)CCCCCCCCCCC(C)C(C)C(=O)OCCCC. The van der Waals surface area contributed by atoms with Crippen LogP contribution >= 0.6 is 0 Å². The summed E-state index contributed by atoms with van der Waals surface area (Å²) >= 11 is 0. The lowest BCUT2D eigenvalue weighted by atomic mass is 9.90. The second-order valence-electron chi connectivity index (χ2n) is 8.23.